The Morgan fingerprint density at radius 2 is 1.41 bits per heavy atom. The minimum absolute atomic E-state index is 0.180. The largest absolute Gasteiger partial charge is 0.519 e. The summed E-state index contributed by atoms with van der Waals surface area (Å²) in [6.07, 6.45) is 8.48. The summed E-state index contributed by atoms with van der Waals surface area (Å²) in [6.45, 7) is 11.2. The number of hydrogen-bond donors (Lipinski definition) is 0. The number of ether oxygens (including phenoxy) is 1. The normalized spacial score (nSPS) is 16.5. The van der Waals surface area contributed by atoms with Crippen LogP contribution in [0.5, 0.6) is 0 Å². The molecule has 0 spiro atoms. The molecule has 27 heavy (non-hydrogen) atoms. The van der Waals surface area contributed by atoms with Crippen LogP contribution in [0.3, 0.4) is 0 Å². The molecule has 1 aromatic rings. The third kappa shape index (κ3) is 6.41. The van der Waals surface area contributed by atoms with E-state index in [1.54, 1.807) is 0 Å². The molecule has 0 unspecified atom stereocenters. The maximum atomic E-state index is 7.00. The van der Waals surface area contributed by atoms with E-state index in [1.807, 2.05) is 0 Å². The smallest absolute Gasteiger partial charge is 0.269 e. The molecular formula is C24H40O2Si. The van der Waals surface area contributed by atoms with E-state index in [0.717, 1.165) is 12.4 Å². The van der Waals surface area contributed by atoms with Gasteiger partial charge in [0.2, 0.25) is 0 Å². The molecule has 0 radical (unpaired) electrons. The van der Waals surface area contributed by atoms with Crippen LogP contribution in [0.15, 0.2) is 36.3 Å². The number of unbranched alkanes of at least 4 members (excludes halogenated alkanes) is 3. The Labute approximate surface area is 168 Å². The third-order valence-electron chi connectivity index (χ3n) is 5.61. The summed E-state index contributed by atoms with van der Waals surface area (Å²) in [5.41, 5.74) is 2.34. The van der Waals surface area contributed by atoms with Gasteiger partial charge in [0.1, 0.15) is 5.60 Å². The average Bonchev–Trinajstić information content (AvgIpc) is 2.97. The summed E-state index contributed by atoms with van der Waals surface area (Å²) in [4.78, 5) is 0. The van der Waals surface area contributed by atoms with Crippen LogP contribution < -0.4 is 0 Å². The summed E-state index contributed by atoms with van der Waals surface area (Å²) in [5.74, 6) is 0.848. The number of benzene rings is 1. The summed E-state index contributed by atoms with van der Waals surface area (Å²) >= 11 is 0. The van der Waals surface area contributed by atoms with Gasteiger partial charge in [-0.3, -0.25) is 0 Å². The molecule has 0 amide bonds. The van der Waals surface area contributed by atoms with E-state index in [-0.39, 0.29) is 5.60 Å². The number of rotatable bonds is 12. The molecule has 1 heterocycles. The molecule has 3 heteroatoms. The quantitative estimate of drug-likeness (QED) is 0.339. The first kappa shape index (κ1) is 22.1. The molecular weight excluding hydrogens is 348 g/mol. The van der Waals surface area contributed by atoms with Crippen molar-refractivity contribution in [3.05, 3.63) is 41.8 Å². The minimum Gasteiger partial charge on any atom is -0.519 e. The van der Waals surface area contributed by atoms with Crippen LogP contribution in [0.1, 0.15) is 85.1 Å². The highest BCUT2D eigenvalue weighted by Crippen LogP contribution is 2.43. The van der Waals surface area contributed by atoms with Crippen molar-refractivity contribution in [2.75, 3.05) is 0 Å². The Bertz CT molecular complexity index is 570. The molecule has 0 atom stereocenters. The molecule has 152 valence electrons. The molecule has 1 aliphatic heterocycles. The van der Waals surface area contributed by atoms with Gasteiger partial charge in [-0.05, 0) is 37.5 Å². The van der Waals surface area contributed by atoms with Crippen molar-refractivity contribution >= 4 is 13.9 Å². The van der Waals surface area contributed by atoms with Crippen molar-refractivity contribution in [2.45, 2.75) is 103 Å². The van der Waals surface area contributed by atoms with Crippen LogP contribution in [0.25, 0.3) is 5.57 Å². The molecule has 0 saturated carbocycles. The van der Waals surface area contributed by atoms with E-state index in [2.05, 4.69) is 65.0 Å². The highest BCUT2D eigenvalue weighted by Gasteiger charge is 2.41. The van der Waals surface area contributed by atoms with Crippen LogP contribution >= 0.6 is 0 Å². The Morgan fingerprint density at radius 3 is 1.89 bits per heavy atom. The van der Waals surface area contributed by atoms with Gasteiger partial charge in [-0.15, -0.1) is 0 Å². The van der Waals surface area contributed by atoms with Crippen LogP contribution in [-0.4, -0.2) is 13.9 Å². The highest BCUT2D eigenvalue weighted by molar-refractivity contribution is 6.74. The summed E-state index contributed by atoms with van der Waals surface area (Å²) in [6, 6.07) is 14.5. The second-order valence-electron chi connectivity index (χ2n) is 8.77. The molecule has 0 aliphatic carbocycles. The summed E-state index contributed by atoms with van der Waals surface area (Å²) in [7, 11) is -1.84. The van der Waals surface area contributed by atoms with Crippen molar-refractivity contribution in [1.29, 1.82) is 0 Å². The first-order valence-corrected chi connectivity index (χ1v) is 13.6. The van der Waals surface area contributed by atoms with Gasteiger partial charge in [0.25, 0.3) is 14.3 Å². The highest BCUT2D eigenvalue weighted by atomic mass is 28.4. The standard InChI is InChI=1S/C24H40O2Si/c1-6-9-17-27(18-10-7-2,19-11-8-3)26-23-22(20-24(4,5)25-23)21-15-13-12-14-16-21/h12-16H,6-11,17-20H2,1-5H3. The predicted molar refractivity (Wildman–Crippen MR) is 119 cm³/mol. The third-order valence-corrected chi connectivity index (χ3v) is 10.0. The van der Waals surface area contributed by atoms with Crippen LogP contribution in [-0.2, 0) is 9.16 Å². The average molecular weight is 389 g/mol. The summed E-state index contributed by atoms with van der Waals surface area (Å²) in [5, 5.41) is 0. The van der Waals surface area contributed by atoms with Crippen LogP contribution in [0.2, 0.25) is 18.1 Å². The fourth-order valence-corrected chi connectivity index (χ4v) is 8.62. The van der Waals surface area contributed by atoms with Gasteiger partial charge in [0.15, 0.2) is 0 Å². The van der Waals surface area contributed by atoms with Gasteiger partial charge in [0.05, 0.1) is 0 Å². The van der Waals surface area contributed by atoms with Crippen molar-refractivity contribution < 1.29 is 9.16 Å². The van der Waals surface area contributed by atoms with Gasteiger partial charge >= 0.3 is 0 Å². The Morgan fingerprint density at radius 1 is 0.889 bits per heavy atom. The molecule has 0 fully saturated rings. The number of hydrogen-bond acceptors (Lipinski definition) is 2. The van der Waals surface area contributed by atoms with Gasteiger partial charge < -0.3 is 9.16 Å². The van der Waals surface area contributed by atoms with E-state index in [1.165, 1.54) is 67.8 Å². The molecule has 0 saturated heterocycles. The monoisotopic (exact) mass is 388 g/mol. The fourth-order valence-electron chi connectivity index (χ4n) is 4.01. The van der Waals surface area contributed by atoms with Gasteiger partial charge in [-0.25, -0.2) is 0 Å². The van der Waals surface area contributed by atoms with Gasteiger partial charge in [0, 0.05) is 12.0 Å². The minimum atomic E-state index is -1.84. The molecule has 0 bridgehead atoms. The van der Waals surface area contributed by atoms with Gasteiger partial charge in [-0.1, -0.05) is 89.6 Å². The Balaban J connectivity index is 2.35. The zero-order valence-corrected chi connectivity index (χ0v) is 19.3. The van der Waals surface area contributed by atoms with Crippen LogP contribution in [0.4, 0.5) is 0 Å². The molecule has 0 N–H and O–H groups in total. The Hall–Kier alpha value is -1.22. The van der Waals surface area contributed by atoms with Crippen molar-refractivity contribution in [3.8, 4) is 0 Å². The second kappa shape index (κ2) is 10.4. The SMILES string of the molecule is CCCC[Si](CCCC)(CCCC)OC1=C(c2ccccc2)CC(C)(C)O1. The first-order chi connectivity index (χ1) is 13.0. The molecule has 1 aliphatic rings. The maximum absolute atomic E-state index is 7.00. The lowest BCUT2D eigenvalue weighted by Gasteiger charge is -2.34. The van der Waals surface area contributed by atoms with Crippen molar-refractivity contribution in [2.24, 2.45) is 0 Å². The molecule has 2 rings (SSSR count). The zero-order valence-electron chi connectivity index (χ0n) is 18.3. The van der Waals surface area contributed by atoms with E-state index in [9.17, 15) is 0 Å². The first-order valence-electron chi connectivity index (χ1n) is 11.1. The topological polar surface area (TPSA) is 18.5 Å². The maximum Gasteiger partial charge on any atom is 0.269 e. The van der Waals surface area contributed by atoms with E-state index >= 15 is 0 Å². The van der Waals surface area contributed by atoms with Crippen molar-refractivity contribution in [3.63, 3.8) is 0 Å². The fraction of sp³-hybridized carbons (Fsp3) is 0.667. The molecule has 1 aromatic carbocycles. The molecule has 0 aromatic heterocycles. The van der Waals surface area contributed by atoms with Crippen molar-refractivity contribution in [1.82, 2.24) is 0 Å². The lowest BCUT2D eigenvalue weighted by atomic mass is 9.96. The van der Waals surface area contributed by atoms with Crippen LogP contribution in [0, 0.1) is 0 Å². The molecule has 2 nitrogen and oxygen atoms in total. The van der Waals surface area contributed by atoms with E-state index < -0.39 is 8.32 Å². The lowest BCUT2D eigenvalue weighted by molar-refractivity contribution is 0.00425. The Kier molecular flexibility index (Phi) is 8.47. The zero-order chi connectivity index (χ0) is 19.8. The second-order valence-corrected chi connectivity index (χ2v) is 12.8. The van der Waals surface area contributed by atoms with Gasteiger partial charge in [-0.2, -0.15) is 0 Å². The van der Waals surface area contributed by atoms with E-state index in [4.69, 9.17) is 9.16 Å². The predicted octanol–water partition coefficient (Wildman–Crippen LogP) is 7.92. The van der Waals surface area contributed by atoms with E-state index in [0.29, 0.717) is 0 Å². The summed E-state index contributed by atoms with van der Waals surface area (Å²) < 4.78 is 13.4. The lowest BCUT2D eigenvalue weighted by Crippen LogP contribution is -2.38.